The van der Waals surface area contributed by atoms with Crippen molar-refractivity contribution in [2.24, 2.45) is 0 Å². The Kier molecular flexibility index (Phi) is 5.19. The Morgan fingerprint density at radius 2 is 2.28 bits per heavy atom. The van der Waals surface area contributed by atoms with E-state index in [0.717, 1.165) is 18.2 Å². The third-order valence-corrected chi connectivity index (χ3v) is 2.14. The lowest BCUT2D eigenvalue weighted by molar-refractivity contribution is -0.385. The van der Waals surface area contributed by atoms with Crippen molar-refractivity contribution >= 4 is 11.6 Å². The van der Waals surface area contributed by atoms with E-state index >= 15 is 0 Å². The molecule has 1 aromatic rings. The van der Waals surface area contributed by atoms with Gasteiger partial charge in [0.15, 0.2) is 0 Å². The number of hydrogen-bond acceptors (Lipinski definition) is 4. The van der Waals surface area contributed by atoms with Gasteiger partial charge in [-0.05, 0) is 19.1 Å². The highest BCUT2D eigenvalue weighted by atomic mass is 19.1. The van der Waals surface area contributed by atoms with Crippen LogP contribution < -0.4 is 5.32 Å². The van der Waals surface area contributed by atoms with Crippen LogP contribution in [0, 0.1) is 15.9 Å². The highest BCUT2D eigenvalue weighted by Crippen LogP contribution is 2.19. The molecule has 0 unspecified atom stereocenters. The summed E-state index contributed by atoms with van der Waals surface area (Å²) >= 11 is 0. The number of nitrogens with one attached hydrogen (secondary N) is 1. The predicted molar refractivity (Wildman–Crippen MR) is 61.9 cm³/mol. The lowest BCUT2D eigenvalue weighted by Crippen LogP contribution is -2.28. The van der Waals surface area contributed by atoms with Crippen molar-refractivity contribution in [2.45, 2.75) is 6.92 Å². The van der Waals surface area contributed by atoms with Crippen molar-refractivity contribution in [1.82, 2.24) is 5.32 Å². The maximum absolute atomic E-state index is 13.0. The third kappa shape index (κ3) is 3.77. The van der Waals surface area contributed by atoms with Crippen molar-refractivity contribution in [1.29, 1.82) is 0 Å². The Morgan fingerprint density at radius 1 is 1.56 bits per heavy atom. The molecule has 0 aromatic heterocycles. The van der Waals surface area contributed by atoms with Crippen LogP contribution in [0.5, 0.6) is 0 Å². The number of nitro benzene ring substituents is 1. The van der Waals surface area contributed by atoms with E-state index < -0.39 is 22.3 Å². The van der Waals surface area contributed by atoms with Gasteiger partial charge in [0, 0.05) is 19.2 Å². The molecule has 98 valence electrons. The zero-order valence-corrected chi connectivity index (χ0v) is 9.81. The van der Waals surface area contributed by atoms with Gasteiger partial charge >= 0.3 is 0 Å². The molecule has 0 atom stereocenters. The van der Waals surface area contributed by atoms with Crippen LogP contribution in [0.3, 0.4) is 0 Å². The van der Waals surface area contributed by atoms with Gasteiger partial charge < -0.3 is 10.1 Å². The second kappa shape index (κ2) is 6.65. The van der Waals surface area contributed by atoms with Gasteiger partial charge in [0.2, 0.25) is 0 Å². The zero-order chi connectivity index (χ0) is 13.5. The van der Waals surface area contributed by atoms with Gasteiger partial charge in [0.1, 0.15) is 11.4 Å². The van der Waals surface area contributed by atoms with E-state index in [1.807, 2.05) is 0 Å². The van der Waals surface area contributed by atoms with Crippen LogP contribution in [0.2, 0.25) is 0 Å². The molecule has 0 spiro atoms. The molecule has 0 heterocycles. The third-order valence-electron chi connectivity index (χ3n) is 2.14. The first-order valence-corrected chi connectivity index (χ1v) is 5.36. The molecule has 7 heteroatoms. The smallest absolute Gasteiger partial charge is 0.282 e. The van der Waals surface area contributed by atoms with E-state index in [0.29, 0.717) is 13.2 Å². The van der Waals surface area contributed by atoms with Crippen molar-refractivity contribution in [3.63, 3.8) is 0 Å². The molecular weight excluding hydrogens is 243 g/mol. The van der Waals surface area contributed by atoms with Gasteiger partial charge in [-0.25, -0.2) is 4.39 Å². The molecule has 0 fully saturated rings. The summed E-state index contributed by atoms with van der Waals surface area (Å²) in [5.41, 5.74) is -0.721. The number of carbonyl (C=O) groups is 1. The molecule has 0 aliphatic heterocycles. The van der Waals surface area contributed by atoms with Crippen LogP contribution in [0.1, 0.15) is 17.3 Å². The minimum Gasteiger partial charge on any atom is -0.380 e. The summed E-state index contributed by atoms with van der Waals surface area (Å²) in [5, 5.41) is 13.1. The Labute approximate surface area is 103 Å². The molecule has 0 saturated carbocycles. The summed E-state index contributed by atoms with van der Waals surface area (Å²) in [6.07, 6.45) is 0. The summed E-state index contributed by atoms with van der Waals surface area (Å²) in [7, 11) is 0. The first-order valence-electron chi connectivity index (χ1n) is 5.36. The first-order chi connectivity index (χ1) is 8.56. The summed E-state index contributed by atoms with van der Waals surface area (Å²) in [6.45, 7) is 2.82. The number of benzene rings is 1. The van der Waals surface area contributed by atoms with Gasteiger partial charge in [0.05, 0.1) is 11.5 Å². The van der Waals surface area contributed by atoms with Crippen molar-refractivity contribution < 1.29 is 18.8 Å². The fraction of sp³-hybridized carbons (Fsp3) is 0.364. The van der Waals surface area contributed by atoms with E-state index in [-0.39, 0.29) is 12.1 Å². The van der Waals surface area contributed by atoms with Gasteiger partial charge in [0.25, 0.3) is 11.6 Å². The van der Waals surface area contributed by atoms with Gasteiger partial charge in [-0.1, -0.05) is 0 Å². The molecule has 0 radical (unpaired) electrons. The van der Waals surface area contributed by atoms with Crippen LogP contribution in [-0.4, -0.2) is 30.6 Å². The first kappa shape index (κ1) is 14.0. The number of nitrogens with zero attached hydrogens (tertiary/aromatic N) is 1. The summed E-state index contributed by atoms with van der Waals surface area (Å²) in [5.74, 6) is -1.39. The number of nitro groups is 1. The maximum atomic E-state index is 13.0. The van der Waals surface area contributed by atoms with Crippen LogP contribution in [0.4, 0.5) is 10.1 Å². The molecular formula is C11H13FN2O4. The number of ether oxygens (including phenoxy) is 1. The minimum absolute atomic E-state index is 0.209. The van der Waals surface area contributed by atoms with E-state index in [2.05, 4.69) is 5.32 Å². The molecule has 18 heavy (non-hydrogen) atoms. The quantitative estimate of drug-likeness (QED) is 0.475. The summed E-state index contributed by atoms with van der Waals surface area (Å²) in [6, 6.07) is 2.75. The SMILES string of the molecule is CCOCCNC(=O)c1cc(F)ccc1[N+](=O)[O-]. The number of rotatable bonds is 6. The molecule has 0 bridgehead atoms. The van der Waals surface area contributed by atoms with Gasteiger partial charge in [-0.3, -0.25) is 14.9 Å². The summed E-state index contributed by atoms with van der Waals surface area (Å²) < 4.78 is 18.0. The Balaban J connectivity index is 2.77. The van der Waals surface area contributed by atoms with Crippen molar-refractivity contribution in [2.75, 3.05) is 19.8 Å². The fourth-order valence-corrected chi connectivity index (χ4v) is 1.33. The van der Waals surface area contributed by atoms with Crippen LogP contribution in [0.25, 0.3) is 0 Å². The molecule has 0 saturated heterocycles. The Morgan fingerprint density at radius 3 is 2.89 bits per heavy atom. The average Bonchev–Trinajstić information content (AvgIpc) is 2.34. The second-order valence-corrected chi connectivity index (χ2v) is 3.37. The molecule has 6 nitrogen and oxygen atoms in total. The lowest BCUT2D eigenvalue weighted by atomic mass is 10.1. The Bertz CT molecular complexity index is 451. The van der Waals surface area contributed by atoms with Crippen LogP contribution in [-0.2, 0) is 4.74 Å². The van der Waals surface area contributed by atoms with Gasteiger partial charge in [-0.2, -0.15) is 0 Å². The molecule has 1 amide bonds. The van der Waals surface area contributed by atoms with Crippen molar-refractivity contribution in [3.05, 3.63) is 39.7 Å². The van der Waals surface area contributed by atoms with Crippen LogP contribution in [0.15, 0.2) is 18.2 Å². The van der Waals surface area contributed by atoms with E-state index in [4.69, 9.17) is 4.74 Å². The lowest BCUT2D eigenvalue weighted by Gasteiger charge is -2.06. The minimum atomic E-state index is -0.725. The fourth-order valence-electron chi connectivity index (χ4n) is 1.33. The molecule has 0 aliphatic rings. The topological polar surface area (TPSA) is 81.5 Å². The normalized spacial score (nSPS) is 10.1. The number of amides is 1. The van der Waals surface area contributed by atoms with E-state index in [9.17, 15) is 19.3 Å². The Hall–Kier alpha value is -2.02. The predicted octanol–water partition coefficient (Wildman–Crippen LogP) is 1.50. The highest BCUT2D eigenvalue weighted by Gasteiger charge is 2.20. The van der Waals surface area contributed by atoms with Crippen LogP contribution >= 0.6 is 0 Å². The number of halogens is 1. The largest absolute Gasteiger partial charge is 0.380 e. The average molecular weight is 256 g/mol. The van der Waals surface area contributed by atoms with Gasteiger partial charge in [-0.15, -0.1) is 0 Å². The monoisotopic (exact) mass is 256 g/mol. The number of carbonyl (C=O) groups excluding carboxylic acids is 1. The highest BCUT2D eigenvalue weighted by molar-refractivity contribution is 5.98. The standard InChI is InChI=1S/C11H13FN2O4/c1-2-18-6-5-13-11(15)9-7-8(12)3-4-10(9)14(16)17/h3-4,7H,2,5-6H2,1H3,(H,13,15). The van der Waals surface area contributed by atoms with Crippen molar-refractivity contribution in [3.8, 4) is 0 Å². The maximum Gasteiger partial charge on any atom is 0.282 e. The molecule has 1 rings (SSSR count). The number of hydrogen-bond donors (Lipinski definition) is 1. The molecule has 1 aromatic carbocycles. The summed E-state index contributed by atoms with van der Waals surface area (Å²) in [4.78, 5) is 21.6. The zero-order valence-electron chi connectivity index (χ0n) is 9.81. The molecule has 1 N–H and O–H groups in total. The van der Waals surface area contributed by atoms with E-state index in [1.54, 1.807) is 6.92 Å². The molecule has 0 aliphatic carbocycles. The van der Waals surface area contributed by atoms with E-state index in [1.165, 1.54) is 0 Å². The second-order valence-electron chi connectivity index (χ2n) is 3.37.